The normalized spacial score (nSPS) is 11.2. The molecule has 0 bridgehead atoms. The van der Waals surface area contributed by atoms with Crippen molar-refractivity contribution in [3.05, 3.63) is 27.3 Å². The third-order valence-electron chi connectivity index (χ3n) is 1.55. The van der Waals surface area contributed by atoms with Crippen molar-refractivity contribution >= 4 is 48.5 Å². The van der Waals surface area contributed by atoms with Gasteiger partial charge in [-0.25, -0.2) is 0 Å². The van der Waals surface area contributed by atoms with Gasteiger partial charge in [0.2, 0.25) is 0 Å². The first-order valence-electron chi connectivity index (χ1n) is 3.74. The van der Waals surface area contributed by atoms with E-state index in [2.05, 4.69) is 20.9 Å². The van der Waals surface area contributed by atoms with E-state index in [-0.39, 0.29) is 0 Å². The summed E-state index contributed by atoms with van der Waals surface area (Å²) in [7, 11) is 0. The zero-order valence-electron chi connectivity index (χ0n) is 7.23. The summed E-state index contributed by atoms with van der Waals surface area (Å²) in [5.41, 5.74) is 5.21. The van der Waals surface area contributed by atoms with Gasteiger partial charge in [-0.3, -0.25) is 0 Å². The van der Waals surface area contributed by atoms with Crippen LogP contribution in [-0.4, -0.2) is 20.2 Å². The number of hydrogen-bond donors (Lipinski definition) is 2. The average Bonchev–Trinajstić information content (AvgIpc) is 2.05. The van der Waals surface area contributed by atoms with Gasteiger partial charge in [-0.1, -0.05) is 0 Å². The number of hydrogen-bond acceptors (Lipinski definition) is 2. The Morgan fingerprint density at radius 2 is 2.00 bits per heavy atom. The van der Waals surface area contributed by atoms with Gasteiger partial charge in [0, 0.05) is 0 Å². The summed E-state index contributed by atoms with van der Waals surface area (Å²) in [5, 5.41) is 2.72. The summed E-state index contributed by atoms with van der Waals surface area (Å²) in [6.45, 7) is 0. The molecule has 0 radical (unpaired) electrons. The number of rotatable bonds is 2. The first kappa shape index (κ1) is 12.8. The van der Waals surface area contributed by atoms with Crippen molar-refractivity contribution in [2.75, 3.05) is 5.32 Å². The number of anilines is 1. The molecule has 0 atom stereocenters. The zero-order chi connectivity index (χ0) is 11.6. The Kier molecular flexibility index (Phi) is 4.02. The van der Waals surface area contributed by atoms with E-state index in [1.54, 1.807) is 0 Å². The number of benzene rings is 1. The van der Waals surface area contributed by atoms with E-state index in [0.29, 0.717) is 13.9 Å². The maximum absolute atomic E-state index is 12.3. The molecule has 0 heterocycles. The first-order chi connectivity index (χ1) is 6.80. The van der Waals surface area contributed by atoms with Crippen LogP contribution in [0.15, 0.2) is 18.2 Å². The Hall–Kier alpha value is -0.271. The molecule has 0 spiro atoms. The van der Waals surface area contributed by atoms with Crippen LogP contribution in [0, 0.1) is 3.57 Å². The van der Waals surface area contributed by atoms with Gasteiger partial charge >= 0.3 is 106 Å². The van der Waals surface area contributed by atoms with E-state index in [0.717, 1.165) is 12.1 Å². The van der Waals surface area contributed by atoms with Crippen molar-refractivity contribution in [3.63, 3.8) is 0 Å². The predicted molar refractivity (Wildman–Crippen MR) is 62.7 cm³/mol. The van der Waals surface area contributed by atoms with E-state index in [9.17, 15) is 13.2 Å². The van der Waals surface area contributed by atoms with Gasteiger partial charge in [0.1, 0.15) is 0 Å². The van der Waals surface area contributed by atoms with Gasteiger partial charge in [0.25, 0.3) is 0 Å². The van der Waals surface area contributed by atoms with E-state index in [4.69, 9.17) is 5.73 Å². The maximum atomic E-state index is 12.3. The fourth-order valence-electron chi connectivity index (χ4n) is 0.926. The van der Waals surface area contributed by atoms with Crippen LogP contribution in [0.3, 0.4) is 0 Å². The van der Waals surface area contributed by atoms with E-state index >= 15 is 0 Å². The second kappa shape index (κ2) is 4.71. The molecule has 0 aromatic heterocycles. The van der Waals surface area contributed by atoms with Crippen LogP contribution in [0.5, 0.6) is 0 Å². The minimum absolute atomic E-state index is 0.313. The number of alkyl halides is 3. The summed E-state index contributed by atoms with van der Waals surface area (Å²) in [6.07, 6.45) is -4.31. The summed E-state index contributed by atoms with van der Waals surface area (Å²) in [5.74, 6) is 0. The summed E-state index contributed by atoms with van der Waals surface area (Å²) < 4.78 is 37.7. The quantitative estimate of drug-likeness (QED) is 0.596. The number of nitrogens with two attached hydrogens (primary N) is 1. The molecule has 0 aliphatic carbocycles. The molecule has 1 rings (SSSR count). The van der Waals surface area contributed by atoms with Crippen LogP contribution >= 0.6 is 22.6 Å². The van der Waals surface area contributed by atoms with Gasteiger partial charge in [-0.15, -0.1) is 0 Å². The molecular formula is C8H6F3IN2Se. The summed E-state index contributed by atoms with van der Waals surface area (Å²) >= 11 is 4.33. The molecule has 0 saturated carbocycles. The van der Waals surface area contributed by atoms with Crippen molar-refractivity contribution in [1.29, 1.82) is 0 Å². The fraction of sp³-hybridized carbons (Fsp3) is 0.125. The Balaban J connectivity index is 3.03. The standard InChI is InChI=1S/C8H6F3IN2Se/c9-8(10,11)4-1-2-6(5(12)3-4)14-7(13)15/h1-3H,(H3,13,14,15). The zero-order valence-corrected chi connectivity index (χ0v) is 11.1. The van der Waals surface area contributed by atoms with Gasteiger partial charge in [-0.2, -0.15) is 0 Å². The van der Waals surface area contributed by atoms with Gasteiger partial charge in [0.05, 0.1) is 0 Å². The second-order valence-corrected chi connectivity index (χ2v) is 4.77. The number of nitrogens with one attached hydrogen (secondary N) is 1. The van der Waals surface area contributed by atoms with Crippen molar-refractivity contribution in [2.45, 2.75) is 6.18 Å². The Morgan fingerprint density at radius 3 is 2.40 bits per heavy atom. The Bertz CT molecular complexity index is 392. The molecule has 82 valence electrons. The van der Waals surface area contributed by atoms with E-state index in [1.165, 1.54) is 6.07 Å². The van der Waals surface area contributed by atoms with Gasteiger partial charge in [0.15, 0.2) is 0 Å². The van der Waals surface area contributed by atoms with Crippen LogP contribution in [-0.2, 0) is 6.18 Å². The molecule has 1 aromatic carbocycles. The molecule has 0 unspecified atom stereocenters. The van der Waals surface area contributed by atoms with Crippen LogP contribution in [0.4, 0.5) is 18.9 Å². The monoisotopic (exact) mass is 394 g/mol. The SMILES string of the molecule is NC(=[Se])Nc1ccc(C(F)(F)F)cc1I. The summed E-state index contributed by atoms with van der Waals surface area (Å²) in [4.78, 5) is 0. The molecule has 0 fully saturated rings. The first-order valence-corrected chi connectivity index (χ1v) is 5.67. The van der Waals surface area contributed by atoms with Crippen molar-refractivity contribution in [1.82, 2.24) is 0 Å². The molecule has 0 saturated heterocycles. The van der Waals surface area contributed by atoms with E-state index < -0.39 is 11.7 Å². The fourth-order valence-corrected chi connectivity index (χ4v) is 1.81. The van der Waals surface area contributed by atoms with Crippen molar-refractivity contribution < 1.29 is 13.2 Å². The van der Waals surface area contributed by atoms with Crippen LogP contribution in [0.1, 0.15) is 5.56 Å². The topological polar surface area (TPSA) is 38.0 Å². The molecule has 15 heavy (non-hydrogen) atoms. The molecule has 3 N–H and O–H groups in total. The minimum atomic E-state index is -4.31. The third-order valence-corrected chi connectivity index (χ3v) is 2.66. The van der Waals surface area contributed by atoms with Crippen molar-refractivity contribution in [2.24, 2.45) is 5.73 Å². The van der Waals surface area contributed by atoms with Crippen molar-refractivity contribution in [3.8, 4) is 0 Å². The molecule has 0 aliphatic rings. The molecule has 2 nitrogen and oxygen atoms in total. The molecule has 0 aliphatic heterocycles. The van der Waals surface area contributed by atoms with Crippen LogP contribution < -0.4 is 11.1 Å². The average molecular weight is 393 g/mol. The molecule has 7 heteroatoms. The molecular weight excluding hydrogens is 387 g/mol. The third kappa shape index (κ3) is 3.66. The second-order valence-electron chi connectivity index (χ2n) is 2.68. The molecule has 1 aromatic rings. The predicted octanol–water partition coefficient (Wildman–Crippen LogP) is 1.94. The Morgan fingerprint density at radius 1 is 1.40 bits per heavy atom. The van der Waals surface area contributed by atoms with Crippen LogP contribution in [0.25, 0.3) is 0 Å². The van der Waals surface area contributed by atoms with Crippen LogP contribution in [0.2, 0.25) is 0 Å². The summed E-state index contributed by atoms with van der Waals surface area (Å²) in [6, 6.07) is 3.41. The van der Waals surface area contributed by atoms with Gasteiger partial charge in [-0.05, 0) is 0 Å². The van der Waals surface area contributed by atoms with Gasteiger partial charge < -0.3 is 0 Å². The van der Waals surface area contributed by atoms with E-state index in [1.807, 2.05) is 22.6 Å². The Labute approximate surface area is 106 Å². The number of halogens is 4. The molecule has 0 amide bonds.